The number of nitrogens with zero attached hydrogens (tertiary/aromatic N) is 1. The molecule has 0 saturated heterocycles. The third-order valence-corrected chi connectivity index (χ3v) is 3.06. The zero-order valence-electron chi connectivity index (χ0n) is 12.1. The molecule has 0 saturated carbocycles. The summed E-state index contributed by atoms with van der Waals surface area (Å²) in [7, 11) is 1.77. The van der Waals surface area contributed by atoms with Crippen molar-refractivity contribution in [2.75, 3.05) is 19.0 Å². The molecule has 0 aliphatic heterocycles. The second-order valence-corrected chi connectivity index (χ2v) is 5.08. The summed E-state index contributed by atoms with van der Waals surface area (Å²) < 4.78 is 41.4. The Labute approximate surface area is 121 Å². The lowest BCUT2D eigenvalue weighted by molar-refractivity contribution is -0.153. The molecule has 1 aromatic heterocycles. The van der Waals surface area contributed by atoms with Crippen molar-refractivity contribution in [1.82, 2.24) is 4.98 Å². The molecule has 2 aromatic rings. The van der Waals surface area contributed by atoms with Crippen LogP contribution < -0.4 is 10.1 Å². The number of hydrogen-bond acceptors (Lipinski definition) is 3. The quantitative estimate of drug-likeness (QED) is 0.911. The normalized spacial score (nSPS) is 12.0. The van der Waals surface area contributed by atoms with Crippen LogP contribution in [0.3, 0.4) is 0 Å². The SMILES string of the molecule is CNc1cc(C(C)C)nc2ccc(OCC(F)(F)F)cc12. The zero-order valence-corrected chi connectivity index (χ0v) is 12.1. The summed E-state index contributed by atoms with van der Waals surface area (Å²) in [5, 5.41) is 3.78. The largest absolute Gasteiger partial charge is 0.484 e. The predicted molar refractivity (Wildman–Crippen MR) is 76.9 cm³/mol. The highest BCUT2D eigenvalue weighted by Crippen LogP contribution is 2.29. The van der Waals surface area contributed by atoms with Gasteiger partial charge in [-0.15, -0.1) is 0 Å². The van der Waals surface area contributed by atoms with Crippen LogP contribution in [-0.2, 0) is 0 Å². The lowest BCUT2D eigenvalue weighted by atomic mass is 10.1. The van der Waals surface area contributed by atoms with Gasteiger partial charge in [0.1, 0.15) is 5.75 Å². The molecule has 2 rings (SSSR count). The van der Waals surface area contributed by atoms with E-state index in [1.165, 1.54) is 6.07 Å². The minimum atomic E-state index is -4.35. The van der Waals surface area contributed by atoms with Crippen molar-refractivity contribution >= 4 is 16.6 Å². The molecule has 1 aromatic carbocycles. The Kier molecular flexibility index (Phi) is 4.25. The number of hydrogen-bond donors (Lipinski definition) is 1. The van der Waals surface area contributed by atoms with E-state index in [-0.39, 0.29) is 11.7 Å². The first kappa shape index (κ1) is 15.4. The number of pyridine rings is 1. The van der Waals surface area contributed by atoms with Crippen LogP contribution in [0.1, 0.15) is 25.5 Å². The molecule has 0 amide bonds. The minimum absolute atomic E-state index is 0.176. The number of benzene rings is 1. The molecule has 0 radical (unpaired) electrons. The van der Waals surface area contributed by atoms with E-state index in [0.29, 0.717) is 0 Å². The molecule has 0 unspecified atom stereocenters. The smallest absolute Gasteiger partial charge is 0.422 e. The third kappa shape index (κ3) is 3.77. The van der Waals surface area contributed by atoms with E-state index < -0.39 is 12.8 Å². The van der Waals surface area contributed by atoms with E-state index in [2.05, 4.69) is 10.3 Å². The highest BCUT2D eigenvalue weighted by Gasteiger charge is 2.28. The molecule has 0 bridgehead atoms. The molecule has 114 valence electrons. The fraction of sp³-hybridized carbons (Fsp3) is 0.400. The van der Waals surface area contributed by atoms with Crippen LogP contribution in [0.5, 0.6) is 5.75 Å². The van der Waals surface area contributed by atoms with Gasteiger partial charge in [-0.2, -0.15) is 13.2 Å². The first-order valence-corrected chi connectivity index (χ1v) is 6.62. The van der Waals surface area contributed by atoms with Crippen LogP contribution in [0.25, 0.3) is 10.9 Å². The highest BCUT2D eigenvalue weighted by molar-refractivity contribution is 5.92. The van der Waals surface area contributed by atoms with Crippen molar-refractivity contribution in [2.24, 2.45) is 0 Å². The van der Waals surface area contributed by atoms with E-state index >= 15 is 0 Å². The summed E-state index contributed by atoms with van der Waals surface area (Å²) >= 11 is 0. The van der Waals surface area contributed by atoms with Crippen LogP contribution >= 0.6 is 0 Å². The lowest BCUT2D eigenvalue weighted by Crippen LogP contribution is -2.19. The van der Waals surface area contributed by atoms with Crippen molar-refractivity contribution < 1.29 is 17.9 Å². The van der Waals surface area contributed by atoms with Crippen molar-refractivity contribution in [3.8, 4) is 5.75 Å². The van der Waals surface area contributed by atoms with Gasteiger partial charge in [-0.25, -0.2) is 0 Å². The van der Waals surface area contributed by atoms with E-state index in [1.807, 2.05) is 19.9 Å². The maximum Gasteiger partial charge on any atom is 0.422 e. The highest BCUT2D eigenvalue weighted by atomic mass is 19.4. The number of rotatable bonds is 4. The van der Waals surface area contributed by atoms with E-state index in [4.69, 9.17) is 4.74 Å². The molecule has 3 nitrogen and oxygen atoms in total. The zero-order chi connectivity index (χ0) is 15.6. The topological polar surface area (TPSA) is 34.2 Å². The Hall–Kier alpha value is -1.98. The van der Waals surface area contributed by atoms with Gasteiger partial charge in [-0.3, -0.25) is 4.98 Å². The maximum atomic E-state index is 12.2. The van der Waals surface area contributed by atoms with E-state index in [1.54, 1.807) is 19.2 Å². The summed E-state index contributed by atoms with van der Waals surface area (Å²) in [5.41, 5.74) is 2.47. The molecular formula is C15H17F3N2O. The number of anilines is 1. The van der Waals surface area contributed by atoms with Crippen molar-refractivity contribution in [3.05, 3.63) is 30.0 Å². The Morgan fingerprint density at radius 3 is 2.52 bits per heavy atom. The van der Waals surface area contributed by atoms with Gasteiger partial charge in [0.15, 0.2) is 6.61 Å². The molecule has 0 fully saturated rings. The maximum absolute atomic E-state index is 12.2. The predicted octanol–water partition coefficient (Wildman–Crippen LogP) is 4.34. The number of halogens is 3. The number of fused-ring (bicyclic) bond motifs is 1. The molecule has 0 aliphatic rings. The minimum Gasteiger partial charge on any atom is -0.484 e. The molecule has 0 aliphatic carbocycles. The number of nitrogens with one attached hydrogen (secondary N) is 1. The van der Waals surface area contributed by atoms with Crippen LogP contribution in [0.4, 0.5) is 18.9 Å². The average Bonchev–Trinajstić information content (AvgIpc) is 2.42. The summed E-state index contributed by atoms with van der Waals surface area (Å²) in [5.74, 6) is 0.443. The van der Waals surface area contributed by atoms with Gasteiger partial charge in [0, 0.05) is 23.8 Å². The Balaban J connectivity index is 2.40. The van der Waals surface area contributed by atoms with Crippen LogP contribution in [0, 0.1) is 0 Å². The number of aromatic nitrogens is 1. The van der Waals surface area contributed by atoms with Gasteiger partial charge in [0.25, 0.3) is 0 Å². The van der Waals surface area contributed by atoms with Gasteiger partial charge >= 0.3 is 6.18 Å². The van der Waals surface area contributed by atoms with E-state index in [0.717, 1.165) is 22.3 Å². The van der Waals surface area contributed by atoms with Gasteiger partial charge in [-0.05, 0) is 30.2 Å². The Morgan fingerprint density at radius 2 is 1.95 bits per heavy atom. The standard InChI is InChI=1S/C15H17F3N2O/c1-9(2)13-7-14(19-3)11-6-10(4-5-12(11)20-13)21-8-15(16,17)18/h4-7,9H,8H2,1-3H3,(H,19,20). The van der Waals surface area contributed by atoms with Gasteiger partial charge < -0.3 is 10.1 Å². The monoisotopic (exact) mass is 298 g/mol. The summed E-state index contributed by atoms with van der Waals surface area (Å²) in [6, 6.07) is 6.66. The number of ether oxygens (including phenoxy) is 1. The second-order valence-electron chi connectivity index (χ2n) is 5.08. The fourth-order valence-corrected chi connectivity index (χ4v) is 1.98. The molecule has 0 spiro atoms. The second kappa shape index (κ2) is 5.79. The number of alkyl halides is 3. The first-order valence-electron chi connectivity index (χ1n) is 6.62. The van der Waals surface area contributed by atoms with Crippen LogP contribution in [0.2, 0.25) is 0 Å². The lowest BCUT2D eigenvalue weighted by Gasteiger charge is -2.13. The van der Waals surface area contributed by atoms with Crippen LogP contribution in [0.15, 0.2) is 24.3 Å². The molecule has 6 heteroatoms. The van der Waals surface area contributed by atoms with Crippen molar-refractivity contribution in [1.29, 1.82) is 0 Å². The van der Waals surface area contributed by atoms with Crippen molar-refractivity contribution in [3.63, 3.8) is 0 Å². The van der Waals surface area contributed by atoms with Gasteiger partial charge in [0.2, 0.25) is 0 Å². The summed E-state index contributed by atoms with van der Waals surface area (Å²) in [6.45, 7) is 2.77. The molecule has 21 heavy (non-hydrogen) atoms. The third-order valence-electron chi connectivity index (χ3n) is 3.06. The molecular weight excluding hydrogens is 281 g/mol. The Bertz CT molecular complexity index is 639. The fourth-order valence-electron chi connectivity index (χ4n) is 1.98. The van der Waals surface area contributed by atoms with Crippen molar-refractivity contribution in [2.45, 2.75) is 25.9 Å². The average molecular weight is 298 g/mol. The molecule has 1 heterocycles. The van der Waals surface area contributed by atoms with Gasteiger partial charge in [0.05, 0.1) is 5.52 Å². The molecule has 1 N–H and O–H groups in total. The summed E-state index contributed by atoms with van der Waals surface area (Å²) in [4.78, 5) is 4.52. The van der Waals surface area contributed by atoms with Gasteiger partial charge in [-0.1, -0.05) is 13.8 Å². The first-order chi connectivity index (χ1) is 9.80. The van der Waals surface area contributed by atoms with E-state index in [9.17, 15) is 13.2 Å². The molecule has 0 atom stereocenters. The van der Waals surface area contributed by atoms with Crippen LogP contribution in [-0.4, -0.2) is 24.8 Å². The Morgan fingerprint density at radius 1 is 1.24 bits per heavy atom. The summed E-state index contributed by atoms with van der Waals surface area (Å²) in [6.07, 6.45) is -4.35.